The lowest BCUT2D eigenvalue weighted by atomic mass is 10.0. The molecule has 26 heavy (non-hydrogen) atoms. The Kier molecular flexibility index (Phi) is 3.76. The van der Waals surface area contributed by atoms with Crippen LogP contribution in [0.5, 0.6) is 0 Å². The molecule has 2 aromatic rings. The molecule has 3 heterocycles. The van der Waals surface area contributed by atoms with E-state index < -0.39 is 29.6 Å². The molecular formula is C18H19F2N3O3. The maximum absolute atomic E-state index is 14.8. The van der Waals surface area contributed by atoms with Gasteiger partial charge in [-0.2, -0.15) is 0 Å². The number of anilines is 1. The molecule has 1 aliphatic carbocycles. The van der Waals surface area contributed by atoms with Gasteiger partial charge in [-0.25, -0.2) is 13.6 Å². The molecular weight excluding hydrogens is 344 g/mol. The highest BCUT2D eigenvalue weighted by atomic mass is 19.1. The fourth-order valence-electron chi connectivity index (χ4n) is 3.86. The van der Waals surface area contributed by atoms with Crippen LogP contribution in [0.25, 0.3) is 5.52 Å². The summed E-state index contributed by atoms with van der Waals surface area (Å²) in [5.41, 5.74) is 6.54. The number of pyridine rings is 2. The van der Waals surface area contributed by atoms with Gasteiger partial charge in [-0.15, -0.1) is 0 Å². The Morgan fingerprint density at radius 3 is 2.58 bits per heavy atom. The fourth-order valence-corrected chi connectivity index (χ4v) is 3.86. The molecule has 0 unspecified atom stereocenters. The number of halogens is 2. The molecule has 4 rings (SSSR count). The fraction of sp³-hybridized carbons (Fsp3) is 0.444. The van der Waals surface area contributed by atoms with Crippen LogP contribution in [0, 0.1) is 12.7 Å². The van der Waals surface area contributed by atoms with Crippen LogP contribution in [0.4, 0.5) is 14.5 Å². The summed E-state index contributed by atoms with van der Waals surface area (Å²) >= 11 is 0. The van der Waals surface area contributed by atoms with Gasteiger partial charge in [0.1, 0.15) is 11.7 Å². The van der Waals surface area contributed by atoms with E-state index in [0.717, 1.165) is 29.0 Å². The predicted molar refractivity (Wildman–Crippen MR) is 92.4 cm³/mol. The van der Waals surface area contributed by atoms with Crippen molar-refractivity contribution in [1.82, 2.24) is 4.40 Å². The number of carbonyl (C=O) groups is 1. The molecule has 3 N–H and O–H groups in total. The van der Waals surface area contributed by atoms with Gasteiger partial charge in [0.05, 0.1) is 30.0 Å². The van der Waals surface area contributed by atoms with Crippen molar-refractivity contribution in [3.05, 3.63) is 45.1 Å². The number of rotatable bonds is 3. The molecule has 2 aromatic heterocycles. The van der Waals surface area contributed by atoms with Crippen molar-refractivity contribution in [2.45, 2.75) is 37.9 Å². The summed E-state index contributed by atoms with van der Waals surface area (Å²) in [7, 11) is 0. The molecule has 0 amide bonds. The maximum atomic E-state index is 14.8. The average molecular weight is 363 g/mol. The molecule has 2 aliphatic rings. The number of fused-ring (bicyclic) bond motifs is 1. The zero-order chi connectivity index (χ0) is 18.7. The summed E-state index contributed by atoms with van der Waals surface area (Å²) in [6.45, 7) is 1.85. The number of aromatic carboxylic acids is 1. The Labute approximate surface area is 147 Å². The van der Waals surface area contributed by atoms with E-state index in [1.54, 1.807) is 11.8 Å². The Bertz CT molecular complexity index is 974. The van der Waals surface area contributed by atoms with Crippen molar-refractivity contribution < 1.29 is 18.7 Å². The zero-order valence-electron chi connectivity index (χ0n) is 14.2. The molecule has 0 bridgehead atoms. The molecule has 6 nitrogen and oxygen atoms in total. The second kappa shape index (κ2) is 5.77. The van der Waals surface area contributed by atoms with Crippen molar-refractivity contribution in [2.75, 3.05) is 18.0 Å². The second-order valence-corrected chi connectivity index (χ2v) is 7.15. The number of hydrogen-bond donors (Lipinski definition) is 2. The zero-order valence-corrected chi connectivity index (χ0v) is 14.2. The molecule has 2 fully saturated rings. The van der Waals surface area contributed by atoms with Gasteiger partial charge >= 0.3 is 5.97 Å². The third-order valence-corrected chi connectivity index (χ3v) is 5.30. The summed E-state index contributed by atoms with van der Waals surface area (Å²) in [6, 6.07) is 0.713. The van der Waals surface area contributed by atoms with Crippen LogP contribution in [0.1, 0.15) is 40.2 Å². The van der Waals surface area contributed by atoms with Gasteiger partial charge < -0.3 is 15.7 Å². The highest BCUT2D eigenvalue weighted by Gasteiger charge is 2.34. The van der Waals surface area contributed by atoms with Crippen LogP contribution in [0.2, 0.25) is 0 Å². The molecule has 138 valence electrons. The van der Waals surface area contributed by atoms with E-state index in [4.69, 9.17) is 5.73 Å². The van der Waals surface area contributed by atoms with Crippen LogP contribution in [-0.4, -0.2) is 40.8 Å². The Morgan fingerprint density at radius 2 is 2.04 bits per heavy atom. The van der Waals surface area contributed by atoms with E-state index >= 15 is 0 Å². The van der Waals surface area contributed by atoms with Crippen molar-refractivity contribution in [2.24, 2.45) is 5.73 Å². The molecule has 1 saturated carbocycles. The van der Waals surface area contributed by atoms with E-state index in [1.807, 2.05) is 0 Å². The lowest BCUT2D eigenvalue weighted by Crippen LogP contribution is -2.31. The van der Waals surface area contributed by atoms with E-state index in [1.165, 1.54) is 6.07 Å². The van der Waals surface area contributed by atoms with E-state index in [0.29, 0.717) is 11.1 Å². The Morgan fingerprint density at radius 1 is 1.35 bits per heavy atom. The van der Waals surface area contributed by atoms with Gasteiger partial charge in [0, 0.05) is 6.54 Å². The largest absolute Gasteiger partial charge is 0.477 e. The lowest BCUT2D eigenvalue weighted by molar-refractivity contribution is 0.0694. The smallest absolute Gasteiger partial charge is 0.341 e. The molecule has 1 saturated heterocycles. The van der Waals surface area contributed by atoms with Gasteiger partial charge in [-0.1, -0.05) is 0 Å². The summed E-state index contributed by atoms with van der Waals surface area (Å²) < 4.78 is 29.8. The van der Waals surface area contributed by atoms with E-state index in [9.17, 15) is 23.5 Å². The van der Waals surface area contributed by atoms with Crippen molar-refractivity contribution in [1.29, 1.82) is 0 Å². The van der Waals surface area contributed by atoms with Gasteiger partial charge in [0.25, 0.3) is 5.56 Å². The molecule has 0 radical (unpaired) electrons. The standard InChI is InChI=1S/C18H19F2N3O3/c1-8-15-10(9-2-3-9)4-11(18(25)26)17(24)23(15)6-13(20)16(8)22-5-12(19)14(21)7-22/h4,6,9,12,14H,2-3,5,7,21H2,1H3,(H,25,26)/t12-,14-/m1/s1. The first-order valence-corrected chi connectivity index (χ1v) is 8.55. The SMILES string of the molecule is Cc1c(N2C[C@@H](N)[C@H](F)C2)c(F)cn2c(=O)c(C(=O)O)cc(C3CC3)c12. The minimum atomic E-state index is -1.33. The quantitative estimate of drug-likeness (QED) is 0.868. The van der Waals surface area contributed by atoms with Crippen molar-refractivity contribution >= 4 is 17.2 Å². The van der Waals surface area contributed by atoms with E-state index in [-0.39, 0.29) is 30.3 Å². The Balaban J connectivity index is 2.00. The molecule has 0 spiro atoms. The Hall–Kier alpha value is -2.48. The number of carboxylic acid groups (broad SMARTS) is 1. The minimum absolute atomic E-state index is 0.00863. The predicted octanol–water partition coefficient (Wildman–Crippen LogP) is 1.81. The monoisotopic (exact) mass is 363 g/mol. The number of aromatic nitrogens is 1. The lowest BCUT2D eigenvalue weighted by Gasteiger charge is -2.23. The molecule has 1 aliphatic heterocycles. The highest BCUT2D eigenvalue weighted by molar-refractivity contribution is 5.89. The molecule has 2 atom stereocenters. The van der Waals surface area contributed by atoms with Crippen LogP contribution in [0.15, 0.2) is 17.1 Å². The highest BCUT2D eigenvalue weighted by Crippen LogP contribution is 2.44. The summed E-state index contributed by atoms with van der Waals surface area (Å²) in [5.74, 6) is -1.88. The number of aryl methyl sites for hydroxylation is 1. The van der Waals surface area contributed by atoms with Crippen molar-refractivity contribution in [3.8, 4) is 0 Å². The number of nitrogens with two attached hydrogens (primary N) is 1. The third kappa shape index (κ3) is 2.47. The summed E-state index contributed by atoms with van der Waals surface area (Å²) in [5, 5.41) is 9.31. The number of hydrogen-bond acceptors (Lipinski definition) is 4. The first-order valence-electron chi connectivity index (χ1n) is 8.55. The van der Waals surface area contributed by atoms with Gasteiger partial charge in [0.15, 0.2) is 5.82 Å². The summed E-state index contributed by atoms with van der Waals surface area (Å²) in [6.07, 6.45) is 1.54. The van der Waals surface area contributed by atoms with Crippen LogP contribution < -0.4 is 16.2 Å². The van der Waals surface area contributed by atoms with Gasteiger partial charge in [-0.3, -0.25) is 9.20 Å². The number of alkyl halides is 1. The van der Waals surface area contributed by atoms with Gasteiger partial charge in [0.2, 0.25) is 0 Å². The number of nitrogens with zero attached hydrogens (tertiary/aromatic N) is 2. The molecule has 8 heteroatoms. The number of carboxylic acids is 1. The average Bonchev–Trinajstić information content (AvgIpc) is 3.35. The first-order chi connectivity index (χ1) is 12.3. The van der Waals surface area contributed by atoms with Crippen molar-refractivity contribution in [3.63, 3.8) is 0 Å². The van der Waals surface area contributed by atoms with Gasteiger partial charge in [-0.05, 0) is 42.9 Å². The van der Waals surface area contributed by atoms with Crippen LogP contribution in [0.3, 0.4) is 0 Å². The maximum Gasteiger partial charge on any atom is 0.341 e. The van der Waals surface area contributed by atoms with Crippen LogP contribution >= 0.6 is 0 Å². The summed E-state index contributed by atoms with van der Waals surface area (Å²) in [4.78, 5) is 25.5. The topological polar surface area (TPSA) is 88.0 Å². The first kappa shape index (κ1) is 17.0. The van der Waals surface area contributed by atoms with Crippen LogP contribution in [-0.2, 0) is 0 Å². The van der Waals surface area contributed by atoms with E-state index in [2.05, 4.69) is 0 Å². The third-order valence-electron chi connectivity index (χ3n) is 5.30. The second-order valence-electron chi connectivity index (χ2n) is 7.15. The molecule has 0 aromatic carbocycles. The normalized spacial score (nSPS) is 23.0. The minimum Gasteiger partial charge on any atom is -0.477 e.